The molecule has 2 aromatic rings. The van der Waals surface area contributed by atoms with Crippen LogP contribution in [0.2, 0.25) is 0 Å². The molecule has 0 unspecified atom stereocenters. The van der Waals surface area contributed by atoms with E-state index in [0.717, 1.165) is 23.4 Å². The van der Waals surface area contributed by atoms with Gasteiger partial charge in [0.1, 0.15) is 0 Å². The molecule has 0 amide bonds. The van der Waals surface area contributed by atoms with E-state index in [2.05, 4.69) is 5.10 Å². The van der Waals surface area contributed by atoms with Crippen molar-refractivity contribution in [2.45, 2.75) is 26.1 Å². The van der Waals surface area contributed by atoms with Gasteiger partial charge in [0.25, 0.3) is 0 Å². The van der Waals surface area contributed by atoms with Gasteiger partial charge >= 0.3 is 6.18 Å². The summed E-state index contributed by atoms with van der Waals surface area (Å²) >= 11 is 0. The highest BCUT2D eigenvalue weighted by molar-refractivity contribution is 5.39. The zero-order chi connectivity index (χ0) is 14.0. The number of hydrogen-bond donors (Lipinski definition) is 1. The van der Waals surface area contributed by atoms with E-state index in [0.29, 0.717) is 18.7 Å². The second kappa shape index (κ2) is 5.05. The molecule has 0 aliphatic rings. The molecule has 0 aliphatic carbocycles. The minimum absolute atomic E-state index is 0.322. The van der Waals surface area contributed by atoms with Crippen molar-refractivity contribution in [1.82, 2.24) is 9.78 Å². The Balaban J connectivity index is 2.51. The molecule has 2 rings (SSSR count). The van der Waals surface area contributed by atoms with Gasteiger partial charge in [0.15, 0.2) is 0 Å². The first-order valence-corrected chi connectivity index (χ1v) is 5.90. The van der Waals surface area contributed by atoms with Gasteiger partial charge in [-0.2, -0.15) is 18.3 Å². The van der Waals surface area contributed by atoms with Gasteiger partial charge in [-0.1, -0.05) is 13.0 Å². The van der Waals surface area contributed by atoms with Crippen molar-refractivity contribution in [1.29, 1.82) is 0 Å². The first-order chi connectivity index (χ1) is 8.97. The number of nitrogens with two attached hydrogens (primary N) is 1. The summed E-state index contributed by atoms with van der Waals surface area (Å²) in [6, 6.07) is 5.11. The lowest BCUT2D eigenvalue weighted by atomic mass is 10.1. The molecule has 1 heterocycles. The van der Waals surface area contributed by atoms with E-state index in [4.69, 9.17) is 5.73 Å². The molecule has 0 saturated carbocycles. The minimum Gasteiger partial charge on any atom is -0.326 e. The van der Waals surface area contributed by atoms with Crippen LogP contribution in [0.5, 0.6) is 0 Å². The number of nitrogens with zero attached hydrogens (tertiary/aromatic N) is 2. The van der Waals surface area contributed by atoms with E-state index >= 15 is 0 Å². The lowest BCUT2D eigenvalue weighted by Gasteiger charge is -2.11. The van der Waals surface area contributed by atoms with Crippen LogP contribution in [0.15, 0.2) is 30.5 Å². The lowest BCUT2D eigenvalue weighted by Crippen LogP contribution is -2.08. The van der Waals surface area contributed by atoms with E-state index in [1.165, 1.54) is 10.7 Å². The second-order valence-electron chi connectivity index (χ2n) is 4.13. The molecule has 6 heteroatoms. The summed E-state index contributed by atoms with van der Waals surface area (Å²) in [7, 11) is 0. The summed E-state index contributed by atoms with van der Waals surface area (Å²) in [4.78, 5) is 0. The van der Waals surface area contributed by atoms with Gasteiger partial charge in [0.2, 0.25) is 0 Å². The second-order valence-corrected chi connectivity index (χ2v) is 4.13. The van der Waals surface area contributed by atoms with Gasteiger partial charge in [0, 0.05) is 17.8 Å². The molecule has 0 saturated heterocycles. The van der Waals surface area contributed by atoms with Crippen molar-refractivity contribution in [2.75, 3.05) is 0 Å². The third kappa shape index (κ3) is 2.63. The smallest absolute Gasteiger partial charge is 0.326 e. The number of aromatic nitrogens is 2. The molecular weight excluding hydrogens is 255 g/mol. The quantitative estimate of drug-likeness (QED) is 0.931. The molecule has 0 aliphatic heterocycles. The van der Waals surface area contributed by atoms with E-state index in [1.54, 1.807) is 12.3 Å². The van der Waals surface area contributed by atoms with Gasteiger partial charge in [-0.05, 0) is 24.6 Å². The fraction of sp³-hybridized carbons (Fsp3) is 0.308. The van der Waals surface area contributed by atoms with Crippen LogP contribution in [-0.4, -0.2) is 9.78 Å². The maximum atomic E-state index is 12.7. The number of alkyl halides is 3. The summed E-state index contributed by atoms with van der Waals surface area (Å²) in [5.74, 6) is 0. The van der Waals surface area contributed by atoms with Gasteiger partial charge in [-0.25, -0.2) is 4.68 Å². The summed E-state index contributed by atoms with van der Waals surface area (Å²) < 4.78 is 39.6. The molecule has 1 aromatic heterocycles. The van der Waals surface area contributed by atoms with Crippen molar-refractivity contribution >= 4 is 0 Å². The Labute approximate surface area is 108 Å². The van der Waals surface area contributed by atoms with Crippen LogP contribution in [0.4, 0.5) is 13.2 Å². The first-order valence-electron chi connectivity index (χ1n) is 5.90. The third-order valence-corrected chi connectivity index (χ3v) is 2.93. The molecule has 0 atom stereocenters. The Morgan fingerprint density at radius 1 is 1.32 bits per heavy atom. The molecular formula is C13H14F3N3. The molecule has 0 bridgehead atoms. The van der Waals surface area contributed by atoms with Crippen LogP contribution < -0.4 is 5.73 Å². The summed E-state index contributed by atoms with van der Waals surface area (Å²) in [6.07, 6.45) is -2.10. The molecule has 102 valence electrons. The van der Waals surface area contributed by atoms with Gasteiger partial charge in [0.05, 0.1) is 17.4 Å². The van der Waals surface area contributed by atoms with E-state index in [-0.39, 0.29) is 0 Å². The molecule has 0 fully saturated rings. The molecule has 0 radical (unpaired) electrons. The van der Waals surface area contributed by atoms with Gasteiger partial charge in [-0.3, -0.25) is 0 Å². The summed E-state index contributed by atoms with van der Waals surface area (Å²) in [6.45, 7) is 2.24. The Morgan fingerprint density at radius 2 is 2.05 bits per heavy atom. The van der Waals surface area contributed by atoms with Crippen molar-refractivity contribution in [3.05, 3.63) is 47.3 Å². The van der Waals surface area contributed by atoms with E-state index in [1.807, 2.05) is 6.92 Å². The van der Waals surface area contributed by atoms with Gasteiger partial charge < -0.3 is 5.73 Å². The van der Waals surface area contributed by atoms with Crippen LogP contribution in [0.1, 0.15) is 23.7 Å². The number of benzene rings is 1. The minimum atomic E-state index is -4.35. The Bertz CT molecular complexity index is 573. The number of halogens is 3. The highest BCUT2D eigenvalue weighted by Gasteiger charge is 2.30. The van der Waals surface area contributed by atoms with Crippen LogP contribution >= 0.6 is 0 Å². The Hall–Kier alpha value is -1.82. The van der Waals surface area contributed by atoms with Crippen LogP contribution in [0.25, 0.3) is 5.69 Å². The molecule has 0 spiro atoms. The van der Waals surface area contributed by atoms with Crippen molar-refractivity contribution < 1.29 is 13.2 Å². The average molecular weight is 269 g/mol. The normalized spacial score (nSPS) is 11.8. The molecule has 3 nitrogen and oxygen atoms in total. The third-order valence-electron chi connectivity index (χ3n) is 2.93. The summed E-state index contributed by atoms with van der Waals surface area (Å²) in [5, 5.41) is 4.12. The first kappa shape index (κ1) is 13.6. The average Bonchev–Trinajstić information content (AvgIpc) is 2.80. The highest BCUT2D eigenvalue weighted by atomic mass is 19.4. The van der Waals surface area contributed by atoms with Crippen LogP contribution in [-0.2, 0) is 19.1 Å². The van der Waals surface area contributed by atoms with Crippen LogP contribution in [0, 0.1) is 0 Å². The monoisotopic (exact) mass is 269 g/mol. The zero-order valence-electron chi connectivity index (χ0n) is 10.4. The highest BCUT2D eigenvalue weighted by Crippen LogP contribution is 2.30. The zero-order valence-corrected chi connectivity index (χ0v) is 10.4. The topological polar surface area (TPSA) is 43.8 Å². The predicted octanol–water partition coefficient (Wildman–Crippen LogP) is 2.91. The number of hydrogen-bond acceptors (Lipinski definition) is 2. The molecule has 2 N–H and O–H groups in total. The van der Waals surface area contributed by atoms with Crippen molar-refractivity contribution in [2.24, 2.45) is 5.73 Å². The summed E-state index contributed by atoms with van der Waals surface area (Å²) in [5.41, 5.74) is 6.98. The SMILES string of the molecule is CCc1c(CN)cnn1-c1cccc(C(F)(F)F)c1. The Morgan fingerprint density at radius 3 is 2.63 bits per heavy atom. The van der Waals surface area contributed by atoms with Crippen LogP contribution in [0.3, 0.4) is 0 Å². The Kier molecular flexibility index (Phi) is 3.61. The predicted molar refractivity (Wildman–Crippen MR) is 65.8 cm³/mol. The van der Waals surface area contributed by atoms with Crippen molar-refractivity contribution in [3.8, 4) is 5.69 Å². The standard InChI is InChI=1S/C13H14F3N3/c1-2-12-9(7-17)8-18-19(12)11-5-3-4-10(6-11)13(14,15)16/h3-6,8H,2,7,17H2,1H3. The van der Waals surface area contributed by atoms with Crippen molar-refractivity contribution in [3.63, 3.8) is 0 Å². The lowest BCUT2D eigenvalue weighted by molar-refractivity contribution is -0.137. The van der Waals surface area contributed by atoms with E-state index in [9.17, 15) is 13.2 Å². The largest absolute Gasteiger partial charge is 0.416 e. The molecule has 1 aromatic carbocycles. The maximum absolute atomic E-state index is 12.7. The number of rotatable bonds is 3. The fourth-order valence-electron chi connectivity index (χ4n) is 1.99. The molecule has 19 heavy (non-hydrogen) atoms. The fourth-order valence-corrected chi connectivity index (χ4v) is 1.99. The van der Waals surface area contributed by atoms with Gasteiger partial charge in [-0.15, -0.1) is 0 Å². The van der Waals surface area contributed by atoms with E-state index < -0.39 is 11.7 Å². The maximum Gasteiger partial charge on any atom is 0.416 e.